The molecule has 0 saturated carbocycles. The maximum absolute atomic E-state index is 12.3. The number of amides is 1. The van der Waals surface area contributed by atoms with Crippen LogP contribution in [0.4, 0.5) is 5.69 Å². The Morgan fingerprint density at radius 1 is 1.52 bits per heavy atom. The summed E-state index contributed by atoms with van der Waals surface area (Å²) in [6.45, 7) is 5.27. The molecule has 1 aliphatic rings. The van der Waals surface area contributed by atoms with E-state index in [-0.39, 0.29) is 11.9 Å². The van der Waals surface area contributed by atoms with Crippen molar-refractivity contribution in [3.05, 3.63) is 28.8 Å². The fraction of sp³-hybridized carbons (Fsp3) is 0.467. The van der Waals surface area contributed by atoms with E-state index in [1.807, 2.05) is 18.7 Å². The SMILES string of the molecule is CC(C)NC(=O)C1COCCN1c1ccc(C=O)cc1Cl. The van der Waals surface area contributed by atoms with E-state index in [1.165, 1.54) is 0 Å². The molecule has 1 atom stereocenters. The summed E-state index contributed by atoms with van der Waals surface area (Å²) in [6, 6.07) is 4.72. The highest BCUT2D eigenvalue weighted by molar-refractivity contribution is 6.33. The lowest BCUT2D eigenvalue weighted by Gasteiger charge is -2.37. The molecule has 114 valence electrons. The molecule has 0 aromatic heterocycles. The predicted octanol–water partition coefficient (Wildman–Crippen LogP) is 1.88. The van der Waals surface area contributed by atoms with Gasteiger partial charge in [0, 0.05) is 18.2 Å². The van der Waals surface area contributed by atoms with Gasteiger partial charge in [-0.3, -0.25) is 9.59 Å². The van der Waals surface area contributed by atoms with Gasteiger partial charge < -0.3 is 15.0 Å². The Morgan fingerprint density at radius 2 is 2.29 bits per heavy atom. The molecule has 1 heterocycles. The standard InChI is InChI=1S/C15H19ClN2O3/c1-10(2)17-15(20)14-9-21-6-5-18(14)13-4-3-11(8-19)7-12(13)16/h3-4,7-8,10,14H,5-6,9H2,1-2H3,(H,17,20). The summed E-state index contributed by atoms with van der Waals surface area (Å²) in [5.74, 6) is -0.0831. The minimum Gasteiger partial charge on any atom is -0.377 e. The third-order valence-corrected chi connectivity index (χ3v) is 3.58. The summed E-state index contributed by atoms with van der Waals surface area (Å²) in [5.41, 5.74) is 1.26. The van der Waals surface area contributed by atoms with Crippen LogP contribution >= 0.6 is 11.6 Å². The number of carbonyl (C=O) groups excluding carboxylic acids is 2. The lowest BCUT2D eigenvalue weighted by molar-refractivity contribution is -0.125. The Balaban J connectivity index is 2.26. The van der Waals surface area contributed by atoms with E-state index in [0.717, 1.165) is 12.0 Å². The number of nitrogens with one attached hydrogen (secondary N) is 1. The number of hydrogen-bond acceptors (Lipinski definition) is 4. The Kier molecular flexibility index (Phi) is 5.20. The number of benzene rings is 1. The van der Waals surface area contributed by atoms with Crippen LogP contribution < -0.4 is 10.2 Å². The Labute approximate surface area is 129 Å². The molecule has 0 spiro atoms. The molecule has 1 N–H and O–H groups in total. The van der Waals surface area contributed by atoms with E-state index in [2.05, 4.69) is 5.32 Å². The third-order valence-electron chi connectivity index (χ3n) is 3.28. The average molecular weight is 311 g/mol. The molecule has 1 unspecified atom stereocenters. The maximum Gasteiger partial charge on any atom is 0.245 e. The highest BCUT2D eigenvalue weighted by atomic mass is 35.5. The van der Waals surface area contributed by atoms with E-state index in [1.54, 1.807) is 18.2 Å². The van der Waals surface area contributed by atoms with Gasteiger partial charge in [-0.25, -0.2) is 0 Å². The fourth-order valence-corrected chi connectivity index (χ4v) is 2.62. The number of carbonyl (C=O) groups is 2. The number of morpholine rings is 1. The number of aldehydes is 1. The van der Waals surface area contributed by atoms with E-state index in [4.69, 9.17) is 16.3 Å². The molecule has 1 amide bonds. The van der Waals surface area contributed by atoms with Crippen LogP contribution in [0.1, 0.15) is 24.2 Å². The first-order chi connectivity index (χ1) is 10.0. The lowest BCUT2D eigenvalue weighted by Crippen LogP contribution is -2.55. The van der Waals surface area contributed by atoms with Gasteiger partial charge in [0.15, 0.2) is 0 Å². The van der Waals surface area contributed by atoms with Gasteiger partial charge in [-0.2, -0.15) is 0 Å². The van der Waals surface area contributed by atoms with E-state index >= 15 is 0 Å². The molecule has 5 nitrogen and oxygen atoms in total. The van der Waals surface area contributed by atoms with Crippen molar-refractivity contribution in [1.29, 1.82) is 0 Å². The molecule has 1 aromatic carbocycles. The zero-order chi connectivity index (χ0) is 15.4. The molecule has 1 fully saturated rings. The molecule has 0 bridgehead atoms. The fourth-order valence-electron chi connectivity index (χ4n) is 2.32. The first-order valence-electron chi connectivity index (χ1n) is 6.92. The van der Waals surface area contributed by atoms with Crippen molar-refractivity contribution in [2.45, 2.75) is 25.9 Å². The van der Waals surface area contributed by atoms with Gasteiger partial charge in [0.1, 0.15) is 12.3 Å². The van der Waals surface area contributed by atoms with Crippen LogP contribution in [0.5, 0.6) is 0 Å². The normalized spacial score (nSPS) is 18.7. The molecule has 1 aromatic rings. The quantitative estimate of drug-likeness (QED) is 0.863. The van der Waals surface area contributed by atoms with Crippen molar-refractivity contribution < 1.29 is 14.3 Å². The predicted molar refractivity (Wildman–Crippen MR) is 82.1 cm³/mol. The van der Waals surface area contributed by atoms with Gasteiger partial charge in [-0.05, 0) is 32.0 Å². The topological polar surface area (TPSA) is 58.6 Å². The average Bonchev–Trinajstić information content (AvgIpc) is 2.46. The number of anilines is 1. The minimum absolute atomic E-state index is 0.0641. The largest absolute Gasteiger partial charge is 0.377 e. The van der Waals surface area contributed by atoms with Crippen molar-refractivity contribution in [2.24, 2.45) is 0 Å². The minimum atomic E-state index is -0.416. The highest BCUT2D eigenvalue weighted by Crippen LogP contribution is 2.29. The zero-order valence-corrected chi connectivity index (χ0v) is 12.9. The molecule has 6 heteroatoms. The van der Waals surface area contributed by atoms with Crippen molar-refractivity contribution in [3.8, 4) is 0 Å². The van der Waals surface area contributed by atoms with Gasteiger partial charge in [0.2, 0.25) is 5.91 Å². The van der Waals surface area contributed by atoms with Crippen LogP contribution in [0.2, 0.25) is 5.02 Å². The number of hydrogen-bond donors (Lipinski definition) is 1. The summed E-state index contributed by atoms with van der Waals surface area (Å²) in [4.78, 5) is 25.0. The van der Waals surface area contributed by atoms with Gasteiger partial charge in [0.05, 0.1) is 23.9 Å². The van der Waals surface area contributed by atoms with Crippen molar-refractivity contribution in [3.63, 3.8) is 0 Å². The molecule has 1 aliphatic heterocycles. The Bertz CT molecular complexity index is 534. The lowest BCUT2D eigenvalue weighted by atomic mass is 10.1. The van der Waals surface area contributed by atoms with Crippen LogP contribution in [-0.2, 0) is 9.53 Å². The molecule has 0 aliphatic carbocycles. The van der Waals surface area contributed by atoms with Crippen LogP contribution in [0.25, 0.3) is 0 Å². The number of rotatable bonds is 4. The smallest absolute Gasteiger partial charge is 0.245 e. The second kappa shape index (κ2) is 6.91. The van der Waals surface area contributed by atoms with Crippen LogP contribution in [0.15, 0.2) is 18.2 Å². The molecule has 2 rings (SSSR count). The molecule has 1 saturated heterocycles. The van der Waals surface area contributed by atoms with Gasteiger partial charge in [-0.15, -0.1) is 0 Å². The highest BCUT2D eigenvalue weighted by Gasteiger charge is 2.31. The number of halogens is 1. The summed E-state index contributed by atoms with van der Waals surface area (Å²) in [5, 5.41) is 3.36. The van der Waals surface area contributed by atoms with Crippen molar-refractivity contribution >= 4 is 29.5 Å². The van der Waals surface area contributed by atoms with E-state index in [0.29, 0.717) is 30.3 Å². The number of ether oxygens (including phenoxy) is 1. The summed E-state index contributed by atoms with van der Waals surface area (Å²) in [7, 11) is 0. The Hall–Kier alpha value is -1.59. The molecular weight excluding hydrogens is 292 g/mol. The van der Waals surface area contributed by atoms with Gasteiger partial charge in [-0.1, -0.05) is 11.6 Å². The second-order valence-corrected chi connectivity index (χ2v) is 5.68. The van der Waals surface area contributed by atoms with E-state index < -0.39 is 6.04 Å². The number of nitrogens with zero attached hydrogens (tertiary/aromatic N) is 1. The summed E-state index contributed by atoms with van der Waals surface area (Å²) in [6.07, 6.45) is 0.748. The van der Waals surface area contributed by atoms with Crippen LogP contribution in [-0.4, -0.2) is 44.0 Å². The maximum atomic E-state index is 12.3. The van der Waals surface area contributed by atoms with Gasteiger partial charge in [0.25, 0.3) is 0 Å². The van der Waals surface area contributed by atoms with Gasteiger partial charge >= 0.3 is 0 Å². The molecule has 21 heavy (non-hydrogen) atoms. The first-order valence-corrected chi connectivity index (χ1v) is 7.30. The summed E-state index contributed by atoms with van der Waals surface area (Å²) >= 11 is 6.24. The van der Waals surface area contributed by atoms with Crippen molar-refractivity contribution in [2.75, 3.05) is 24.7 Å². The van der Waals surface area contributed by atoms with Crippen LogP contribution in [0, 0.1) is 0 Å². The van der Waals surface area contributed by atoms with Crippen molar-refractivity contribution in [1.82, 2.24) is 5.32 Å². The van der Waals surface area contributed by atoms with E-state index in [9.17, 15) is 9.59 Å². The molecule has 0 radical (unpaired) electrons. The van der Waals surface area contributed by atoms with Crippen LogP contribution in [0.3, 0.4) is 0 Å². The third kappa shape index (κ3) is 3.74. The summed E-state index contributed by atoms with van der Waals surface area (Å²) < 4.78 is 5.42. The zero-order valence-electron chi connectivity index (χ0n) is 12.1. The Morgan fingerprint density at radius 3 is 2.90 bits per heavy atom. The monoisotopic (exact) mass is 310 g/mol. The second-order valence-electron chi connectivity index (χ2n) is 5.28. The molecular formula is C15H19ClN2O3. The first kappa shape index (κ1) is 15.8.